The number of unbranched alkanes of at least 4 members (excludes halogenated alkanes) is 1. The van der Waals surface area contributed by atoms with Gasteiger partial charge in [-0.25, -0.2) is 4.39 Å². The van der Waals surface area contributed by atoms with Crippen molar-refractivity contribution in [1.29, 1.82) is 0 Å². The highest BCUT2D eigenvalue weighted by molar-refractivity contribution is 5.39. The van der Waals surface area contributed by atoms with Crippen LogP contribution in [0.5, 0.6) is 11.5 Å². The largest absolute Gasteiger partial charge is 0.504 e. The van der Waals surface area contributed by atoms with Gasteiger partial charge in [-0.2, -0.15) is 0 Å². The highest BCUT2D eigenvalue weighted by atomic mass is 19.1. The molecule has 0 bridgehead atoms. The number of para-hydroxylation sites is 1. The second-order valence-corrected chi connectivity index (χ2v) is 2.79. The zero-order chi connectivity index (χ0) is 9.68. The first kappa shape index (κ1) is 9.84. The first-order chi connectivity index (χ1) is 6.25. The van der Waals surface area contributed by atoms with Gasteiger partial charge in [0.05, 0.1) is 6.61 Å². The van der Waals surface area contributed by atoms with E-state index in [0.717, 1.165) is 12.8 Å². The van der Waals surface area contributed by atoms with Gasteiger partial charge in [0.2, 0.25) is 0 Å². The smallest absolute Gasteiger partial charge is 0.196 e. The molecule has 0 fully saturated rings. The quantitative estimate of drug-likeness (QED) is 0.729. The predicted octanol–water partition coefficient (Wildman–Crippen LogP) is 2.71. The average molecular weight is 184 g/mol. The Morgan fingerprint density at radius 3 is 2.85 bits per heavy atom. The molecule has 0 atom stereocenters. The van der Waals surface area contributed by atoms with E-state index in [2.05, 4.69) is 0 Å². The van der Waals surface area contributed by atoms with Gasteiger partial charge in [0.15, 0.2) is 17.3 Å². The molecule has 1 rings (SSSR count). The van der Waals surface area contributed by atoms with E-state index in [1.807, 2.05) is 6.92 Å². The summed E-state index contributed by atoms with van der Waals surface area (Å²) in [5.74, 6) is -0.705. The van der Waals surface area contributed by atoms with Gasteiger partial charge in [0, 0.05) is 0 Å². The summed E-state index contributed by atoms with van der Waals surface area (Å²) < 4.78 is 18.1. The summed E-state index contributed by atoms with van der Waals surface area (Å²) in [6.45, 7) is 2.45. The number of hydrogen-bond acceptors (Lipinski definition) is 2. The molecule has 0 aromatic heterocycles. The molecule has 72 valence electrons. The van der Waals surface area contributed by atoms with E-state index in [4.69, 9.17) is 4.74 Å². The van der Waals surface area contributed by atoms with Crippen molar-refractivity contribution in [2.75, 3.05) is 6.61 Å². The average Bonchev–Trinajstić information content (AvgIpc) is 2.10. The fourth-order valence-corrected chi connectivity index (χ4v) is 0.959. The van der Waals surface area contributed by atoms with Gasteiger partial charge in [-0.1, -0.05) is 19.4 Å². The molecule has 0 aliphatic heterocycles. The minimum absolute atomic E-state index is 0.0454. The molecule has 0 radical (unpaired) electrons. The normalized spacial score (nSPS) is 10.0. The Kier molecular flexibility index (Phi) is 3.55. The Labute approximate surface area is 77.0 Å². The molecule has 1 aromatic rings. The van der Waals surface area contributed by atoms with E-state index < -0.39 is 5.82 Å². The molecule has 0 heterocycles. The Hall–Kier alpha value is -1.25. The van der Waals surface area contributed by atoms with Gasteiger partial charge >= 0.3 is 0 Å². The minimum atomic E-state index is -0.517. The van der Waals surface area contributed by atoms with Crippen LogP contribution in [0.1, 0.15) is 19.8 Å². The van der Waals surface area contributed by atoms with Gasteiger partial charge in [0.25, 0.3) is 0 Å². The highest BCUT2D eigenvalue weighted by Crippen LogP contribution is 2.28. The van der Waals surface area contributed by atoms with Gasteiger partial charge in [-0.05, 0) is 18.6 Å². The van der Waals surface area contributed by atoms with Gasteiger partial charge in [-0.15, -0.1) is 0 Å². The molecule has 0 aliphatic carbocycles. The minimum Gasteiger partial charge on any atom is -0.504 e. The van der Waals surface area contributed by atoms with Crippen molar-refractivity contribution >= 4 is 0 Å². The van der Waals surface area contributed by atoms with Crippen molar-refractivity contribution in [3.63, 3.8) is 0 Å². The first-order valence-electron chi connectivity index (χ1n) is 4.36. The van der Waals surface area contributed by atoms with Crippen LogP contribution in [0.15, 0.2) is 18.2 Å². The lowest BCUT2D eigenvalue weighted by Crippen LogP contribution is -1.98. The summed E-state index contributed by atoms with van der Waals surface area (Å²) in [6.07, 6.45) is 1.84. The van der Waals surface area contributed by atoms with E-state index in [1.165, 1.54) is 18.2 Å². The number of halogens is 1. The van der Waals surface area contributed by atoms with E-state index in [0.29, 0.717) is 6.61 Å². The van der Waals surface area contributed by atoms with Crippen LogP contribution in [0.3, 0.4) is 0 Å². The van der Waals surface area contributed by atoms with Gasteiger partial charge in [0.1, 0.15) is 0 Å². The van der Waals surface area contributed by atoms with Crippen LogP contribution in [0.25, 0.3) is 0 Å². The van der Waals surface area contributed by atoms with Crippen LogP contribution in [0, 0.1) is 5.82 Å². The zero-order valence-electron chi connectivity index (χ0n) is 7.59. The number of rotatable bonds is 4. The molecular formula is C10H13FO2. The molecule has 0 saturated heterocycles. The molecular weight excluding hydrogens is 171 g/mol. The maximum absolute atomic E-state index is 13.0. The number of phenols is 1. The summed E-state index contributed by atoms with van der Waals surface area (Å²) >= 11 is 0. The van der Waals surface area contributed by atoms with Gasteiger partial charge in [-0.3, -0.25) is 0 Å². The topological polar surface area (TPSA) is 29.5 Å². The zero-order valence-corrected chi connectivity index (χ0v) is 7.59. The Morgan fingerprint density at radius 1 is 1.46 bits per heavy atom. The molecule has 0 amide bonds. The van der Waals surface area contributed by atoms with Crippen LogP contribution >= 0.6 is 0 Å². The standard InChI is InChI=1S/C10H13FO2/c1-2-3-7-13-10-8(11)5-4-6-9(10)12/h4-6,12H,2-3,7H2,1H3. The highest BCUT2D eigenvalue weighted by Gasteiger charge is 2.07. The van der Waals surface area contributed by atoms with Crippen LogP contribution in [-0.4, -0.2) is 11.7 Å². The van der Waals surface area contributed by atoms with E-state index >= 15 is 0 Å². The lowest BCUT2D eigenvalue weighted by molar-refractivity contribution is 0.278. The molecule has 0 aliphatic rings. The Balaban J connectivity index is 2.64. The fraction of sp³-hybridized carbons (Fsp3) is 0.400. The summed E-state index contributed by atoms with van der Waals surface area (Å²) in [5.41, 5.74) is 0. The molecule has 13 heavy (non-hydrogen) atoms. The van der Waals surface area contributed by atoms with E-state index in [1.54, 1.807) is 0 Å². The monoisotopic (exact) mass is 184 g/mol. The number of ether oxygens (including phenoxy) is 1. The summed E-state index contributed by atoms with van der Waals surface area (Å²) in [7, 11) is 0. The van der Waals surface area contributed by atoms with Crippen molar-refractivity contribution in [3.8, 4) is 11.5 Å². The molecule has 3 heteroatoms. The number of aromatic hydroxyl groups is 1. The molecule has 2 nitrogen and oxygen atoms in total. The van der Waals surface area contributed by atoms with Crippen LogP contribution < -0.4 is 4.74 Å². The third-order valence-electron chi connectivity index (χ3n) is 1.69. The van der Waals surface area contributed by atoms with Crippen LogP contribution in [0.2, 0.25) is 0 Å². The molecule has 1 N–H and O–H groups in total. The van der Waals surface area contributed by atoms with Crippen molar-refractivity contribution in [2.45, 2.75) is 19.8 Å². The SMILES string of the molecule is CCCCOc1c(O)cccc1F. The number of benzene rings is 1. The third-order valence-corrected chi connectivity index (χ3v) is 1.69. The van der Waals surface area contributed by atoms with Gasteiger partial charge < -0.3 is 9.84 Å². The van der Waals surface area contributed by atoms with Crippen molar-refractivity contribution < 1.29 is 14.2 Å². The third kappa shape index (κ3) is 2.61. The Morgan fingerprint density at radius 2 is 2.23 bits per heavy atom. The Bertz CT molecular complexity index is 253. The van der Waals surface area contributed by atoms with E-state index in [-0.39, 0.29) is 11.5 Å². The molecule has 0 unspecified atom stereocenters. The van der Waals surface area contributed by atoms with Crippen LogP contribution in [-0.2, 0) is 0 Å². The van der Waals surface area contributed by atoms with E-state index in [9.17, 15) is 9.50 Å². The molecule has 1 aromatic carbocycles. The lowest BCUT2D eigenvalue weighted by atomic mass is 10.3. The predicted molar refractivity (Wildman–Crippen MR) is 48.5 cm³/mol. The second-order valence-electron chi connectivity index (χ2n) is 2.79. The van der Waals surface area contributed by atoms with Crippen LogP contribution in [0.4, 0.5) is 4.39 Å². The maximum Gasteiger partial charge on any atom is 0.196 e. The lowest BCUT2D eigenvalue weighted by Gasteiger charge is -2.07. The maximum atomic E-state index is 13.0. The van der Waals surface area contributed by atoms with Crippen molar-refractivity contribution in [3.05, 3.63) is 24.0 Å². The second kappa shape index (κ2) is 4.70. The molecule has 0 saturated carbocycles. The fourth-order valence-electron chi connectivity index (χ4n) is 0.959. The first-order valence-corrected chi connectivity index (χ1v) is 4.36. The van der Waals surface area contributed by atoms with Crippen molar-refractivity contribution in [2.24, 2.45) is 0 Å². The van der Waals surface area contributed by atoms with Crippen molar-refractivity contribution in [1.82, 2.24) is 0 Å². The number of hydrogen-bond donors (Lipinski definition) is 1. The summed E-state index contributed by atoms with van der Waals surface area (Å²) in [5, 5.41) is 9.23. The summed E-state index contributed by atoms with van der Waals surface area (Å²) in [4.78, 5) is 0. The summed E-state index contributed by atoms with van der Waals surface area (Å²) in [6, 6.07) is 4.11. The molecule has 0 spiro atoms. The number of phenolic OH excluding ortho intramolecular Hbond substituents is 1.